The van der Waals surface area contributed by atoms with Crippen LogP contribution >= 0.6 is 11.6 Å². The van der Waals surface area contributed by atoms with Crippen LogP contribution in [0.5, 0.6) is 0 Å². The van der Waals surface area contributed by atoms with Gasteiger partial charge in [0.1, 0.15) is 11.9 Å². The molecule has 10 heteroatoms. The SMILES string of the molecule is O=C(NC1CCN(C2CC2)C1=O)C1CCN(c2ncc(C(F)(F)F)cc2Cl)CC1. The molecule has 158 valence electrons. The highest BCUT2D eigenvalue weighted by molar-refractivity contribution is 6.33. The van der Waals surface area contributed by atoms with Crippen molar-refractivity contribution in [2.24, 2.45) is 5.92 Å². The monoisotopic (exact) mass is 430 g/mol. The number of pyridine rings is 1. The van der Waals surface area contributed by atoms with Crippen LogP contribution in [0.4, 0.5) is 19.0 Å². The average Bonchev–Trinajstić information content (AvgIpc) is 3.46. The van der Waals surface area contributed by atoms with Gasteiger partial charge < -0.3 is 15.1 Å². The molecule has 4 rings (SSSR count). The summed E-state index contributed by atoms with van der Waals surface area (Å²) >= 11 is 6.02. The second kappa shape index (κ2) is 7.66. The second-order valence-corrected chi connectivity index (χ2v) is 8.31. The van der Waals surface area contributed by atoms with Gasteiger partial charge >= 0.3 is 6.18 Å². The predicted molar refractivity (Wildman–Crippen MR) is 100 cm³/mol. The van der Waals surface area contributed by atoms with E-state index in [-0.39, 0.29) is 22.8 Å². The van der Waals surface area contributed by atoms with Crippen LogP contribution < -0.4 is 10.2 Å². The van der Waals surface area contributed by atoms with Gasteiger partial charge in [-0.1, -0.05) is 11.6 Å². The zero-order valence-corrected chi connectivity index (χ0v) is 16.5. The summed E-state index contributed by atoms with van der Waals surface area (Å²) in [4.78, 5) is 32.5. The van der Waals surface area contributed by atoms with Crippen molar-refractivity contribution in [3.8, 4) is 0 Å². The molecule has 1 saturated carbocycles. The third-order valence-electron chi connectivity index (χ3n) is 5.86. The summed E-state index contributed by atoms with van der Waals surface area (Å²) < 4.78 is 38.3. The van der Waals surface area contributed by atoms with E-state index in [0.29, 0.717) is 50.8 Å². The number of likely N-dealkylation sites (tertiary alicyclic amines) is 1. The van der Waals surface area contributed by atoms with Crippen LogP contribution in [-0.2, 0) is 15.8 Å². The third kappa shape index (κ3) is 4.29. The Kier molecular flexibility index (Phi) is 5.35. The fraction of sp³-hybridized carbons (Fsp3) is 0.632. The number of halogens is 4. The van der Waals surface area contributed by atoms with Gasteiger partial charge in [-0.25, -0.2) is 4.98 Å². The molecule has 29 heavy (non-hydrogen) atoms. The maximum Gasteiger partial charge on any atom is 0.417 e. The number of aromatic nitrogens is 1. The summed E-state index contributed by atoms with van der Waals surface area (Å²) in [6.07, 6.45) is 0.0718. The lowest BCUT2D eigenvalue weighted by Gasteiger charge is -2.33. The summed E-state index contributed by atoms with van der Waals surface area (Å²) in [5.74, 6) is -0.0574. The molecule has 2 saturated heterocycles. The third-order valence-corrected chi connectivity index (χ3v) is 6.14. The van der Waals surface area contributed by atoms with Crippen molar-refractivity contribution >= 4 is 29.2 Å². The van der Waals surface area contributed by atoms with Crippen molar-refractivity contribution in [1.82, 2.24) is 15.2 Å². The number of alkyl halides is 3. The van der Waals surface area contributed by atoms with Crippen LogP contribution in [0.1, 0.15) is 37.7 Å². The van der Waals surface area contributed by atoms with Gasteiger partial charge in [-0.15, -0.1) is 0 Å². The first-order valence-electron chi connectivity index (χ1n) is 9.82. The van der Waals surface area contributed by atoms with E-state index in [2.05, 4.69) is 10.3 Å². The molecule has 1 aromatic rings. The minimum absolute atomic E-state index is 0.0130. The molecular formula is C19H22ClF3N4O2. The molecule has 0 bridgehead atoms. The first kappa shape index (κ1) is 20.3. The van der Waals surface area contributed by atoms with Gasteiger partial charge in [0.2, 0.25) is 11.8 Å². The van der Waals surface area contributed by atoms with Gasteiger partial charge in [0.05, 0.1) is 10.6 Å². The number of carbonyl (C=O) groups is 2. The largest absolute Gasteiger partial charge is 0.417 e. The van der Waals surface area contributed by atoms with Gasteiger partial charge in [0, 0.05) is 37.8 Å². The van der Waals surface area contributed by atoms with Gasteiger partial charge in [0.15, 0.2) is 0 Å². The van der Waals surface area contributed by atoms with E-state index in [1.807, 2.05) is 4.90 Å². The van der Waals surface area contributed by atoms with Crippen molar-refractivity contribution in [3.63, 3.8) is 0 Å². The first-order chi connectivity index (χ1) is 13.7. The highest BCUT2D eigenvalue weighted by Crippen LogP contribution is 2.35. The fourth-order valence-electron chi connectivity index (χ4n) is 4.05. The van der Waals surface area contributed by atoms with Crippen molar-refractivity contribution in [3.05, 3.63) is 22.8 Å². The quantitative estimate of drug-likeness (QED) is 0.797. The van der Waals surface area contributed by atoms with Crippen LogP contribution in [0.15, 0.2) is 12.3 Å². The zero-order valence-electron chi connectivity index (χ0n) is 15.7. The van der Waals surface area contributed by atoms with Crippen LogP contribution in [0.2, 0.25) is 5.02 Å². The van der Waals surface area contributed by atoms with E-state index in [9.17, 15) is 22.8 Å². The Hall–Kier alpha value is -2.03. The van der Waals surface area contributed by atoms with E-state index in [0.717, 1.165) is 25.1 Å². The van der Waals surface area contributed by atoms with E-state index in [4.69, 9.17) is 11.6 Å². The number of carbonyl (C=O) groups excluding carboxylic acids is 2. The second-order valence-electron chi connectivity index (χ2n) is 7.90. The number of nitrogens with one attached hydrogen (secondary N) is 1. The lowest BCUT2D eigenvalue weighted by Crippen LogP contribution is -2.47. The Morgan fingerprint density at radius 2 is 1.83 bits per heavy atom. The molecule has 3 fully saturated rings. The highest BCUT2D eigenvalue weighted by Gasteiger charge is 2.41. The van der Waals surface area contributed by atoms with Crippen molar-refractivity contribution < 1.29 is 22.8 Å². The Bertz CT molecular complexity index is 807. The molecule has 1 N–H and O–H groups in total. The Balaban J connectivity index is 1.31. The number of anilines is 1. The molecule has 0 spiro atoms. The van der Waals surface area contributed by atoms with Gasteiger partial charge in [-0.05, 0) is 38.2 Å². The summed E-state index contributed by atoms with van der Waals surface area (Å²) in [6, 6.07) is 0.792. The molecule has 3 heterocycles. The predicted octanol–water partition coefficient (Wildman–Crippen LogP) is 2.85. The molecule has 1 aromatic heterocycles. The number of nitrogens with zero attached hydrogens (tertiary/aromatic N) is 3. The summed E-state index contributed by atoms with van der Waals surface area (Å²) in [5.41, 5.74) is -0.887. The highest BCUT2D eigenvalue weighted by atomic mass is 35.5. The lowest BCUT2D eigenvalue weighted by atomic mass is 9.95. The Morgan fingerprint density at radius 3 is 2.41 bits per heavy atom. The van der Waals surface area contributed by atoms with E-state index in [1.165, 1.54) is 0 Å². The maximum atomic E-state index is 12.8. The number of hydrogen-bond donors (Lipinski definition) is 1. The fourth-order valence-corrected chi connectivity index (χ4v) is 4.33. The van der Waals surface area contributed by atoms with Gasteiger partial charge in [0.25, 0.3) is 0 Å². The zero-order chi connectivity index (χ0) is 20.8. The van der Waals surface area contributed by atoms with Crippen molar-refractivity contribution in [1.29, 1.82) is 0 Å². The minimum atomic E-state index is -4.49. The minimum Gasteiger partial charge on any atom is -0.355 e. The summed E-state index contributed by atoms with van der Waals surface area (Å²) in [6.45, 7) is 1.62. The Morgan fingerprint density at radius 1 is 1.14 bits per heavy atom. The topological polar surface area (TPSA) is 65.5 Å². The average molecular weight is 431 g/mol. The van der Waals surface area contributed by atoms with E-state index >= 15 is 0 Å². The molecule has 0 aromatic carbocycles. The summed E-state index contributed by atoms with van der Waals surface area (Å²) in [5, 5.41) is 2.83. The molecule has 1 aliphatic carbocycles. The molecule has 6 nitrogen and oxygen atoms in total. The summed E-state index contributed by atoms with van der Waals surface area (Å²) in [7, 11) is 0. The van der Waals surface area contributed by atoms with E-state index in [1.54, 1.807) is 4.90 Å². The smallest absolute Gasteiger partial charge is 0.355 e. The van der Waals surface area contributed by atoms with Crippen LogP contribution in [0, 0.1) is 5.92 Å². The number of rotatable bonds is 4. The Labute approximate surface area is 171 Å². The van der Waals surface area contributed by atoms with Gasteiger partial charge in [-0.3, -0.25) is 9.59 Å². The van der Waals surface area contributed by atoms with Crippen LogP contribution in [0.25, 0.3) is 0 Å². The standard InChI is InChI=1S/C19H22ClF3N4O2/c20-14-9-12(19(21,22)23)10-24-16(14)26-6-3-11(4-7-26)17(28)25-15-5-8-27(18(15)29)13-1-2-13/h9-11,13,15H,1-8H2,(H,25,28). The first-order valence-corrected chi connectivity index (χ1v) is 10.2. The number of amides is 2. The van der Waals surface area contributed by atoms with Crippen LogP contribution in [-0.4, -0.2) is 53.4 Å². The van der Waals surface area contributed by atoms with Crippen LogP contribution in [0.3, 0.4) is 0 Å². The lowest BCUT2D eigenvalue weighted by molar-refractivity contribution is -0.137. The van der Waals surface area contributed by atoms with Gasteiger partial charge in [-0.2, -0.15) is 13.2 Å². The van der Waals surface area contributed by atoms with E-state index < -0.39 is 17.8 Å². The molecule has 2 amide bonds. The normalized spacial score (nSPS) is 23.6. The van der Waals surface area contributed by atoms with Crippen molar-refractivity contribution in [2.45, 2.75) is 50.4 Å². The molecule has 1 atom stereocenters. The number of piperidine rings is 1. The molecular weight excluding hydrogens is 409 g/mol. The molecule has 2 aliphatic heterocycles. The number of hydrogen-bond acceptors (Lipinski definition) is 4. The molecule has 0 radical (unpaired) electrons. The molecule has 1 unspecified atom stereocenters. The maximum absolute atomic E-state index is 12.8. The molecule has 3 aliphatic rings. The van der Waals surface area contributed by atoms with Crippen molar-refractivity contribution in [2.75, 3.05) is 24.5 Å².